The summed E-state index contributed by atoms with van der Waals surface area (Å²) in [7, 11) is -4.32. The monoisotopic (exact) mass is 433 g/mol. The third-order valence-corrected chi connectivity index (χ3v) is 4.48. The maximum Gasteiger partial charge on any atom is 0.471 e. The second-order valence-corrected chi connectivity index (χ2v) is 8.04. The van der Waals surface area contributed by atoms with Crippen LogP contribution in [-0.2, 0) is 15.8 Å². The van der Waals surface area contributed by atoms with E-state index >= 15 is 0 Å². The van der Waals surface area contributed by atoms with Crippen molar-refractivity contribution in [1.82, 2.24) is 0 Å². The van der Waals surface area contributed by atoms with Gasteiger partial charge >= 0.3 is 19.7 Å². The molecule has 0 radical (unpaired) electrons. The van der Waals surface area contributed by atoms with Crippen LogP contribution in [0, 0.1) is 13.8 Å². The first-order valence-corrected chi connectivity index (χ1v) is 10.0. The highest BCUT2D eigenvalue weighted by Gasteiger charge is 2.39. The minimum absolute atomic E-state index is 0.274. The van der Waals surface area contributed by atoms with Crippen LogP contribution in [0.2, 0.25) is 0 Å². The molecule has 0 atom stereocenters. The molecule has 2 aromatic carbocycles. The Labute approximate surface area is 164 Å². The first-order valence-electron chi connectivity index (χ1n) is 8.24. The second kappa shape index (κ2) is 8.44. The van der Waals surface area contributed by atoms with Crippen LogP contribution >= 0.6 is 7.60 Å². The van der Waals surface area contributed by atoms with E-state index in [0.717, 1.165) is 16.7 Å². The van der Waals surface area contributed by atoms with E-state index in [9.17, 15) is 27.6 Å². The number of carbonyl (C=O) groups excluding carboxylic acids is 1. The number of phenols is 1. The van der Waals surface area contributed by atoms with Gasteiger partial charge in [0.1, 0.15) is 11.5 Å². The summed E-state index contributed by atoms with van der Waals surface area (Å²) in [5.74, 6) is -2.42. The fraction of sp³-hybridized carbons (Fsp3) is 0.278. The zero-order valence-corrected chi connectivity index (χ0v) is 16.3. The van der Waals surface area contributed by atoms with Crippen molar-refractivity contribution < 1.29 is 42.2 Å². The Morgan fingerprint density at radius 1 is 1.14 bits per heavy atom. The van der Waals surface area contributed by atoms with E-state index in [1.165, 1.54) is 18.2 Å². The number of alkyl halides is 3. The number of nitrogens with one attached hydrogen (secondary N) is 1. The summed E-state index contributed by atoms with van der Waals surface area (Å²) in [6, 6.07) is 7.12. The van der Waals surface area contributed by atoms with E-state index in [1.807, 2.05) is 0 Å². The molecule has 0 saturated heterocycles. The number of aromatic hydroxyl groups is 1. The molecule has 0 spiro atoms. The van der Waals surface area contributed by atoms with Crippen molar-refractivity contribution in [3.8, 4) is 11.5 Å². The molecule has 158 valence electrons. The number of amides is 1. The van der Waals surface area contributed by atoms with Gasteiger partial charge in [-0.25, -0.2) is 0 Å². The third-order valence-electron chi connectivity index (χ3n) is 4.02. The van der Waals surface area contributed by atoms with Crippen molar-refractivity contribution in [2.24, 2.45) is 0 Å². The SMILES string of the molecule is Cc1cc(OCP(=O)(O)O)cc(C)c1Cc1ccc(O)c(NC(=O)C(F)(F)F)c1. The van der Waals surface area contributed by atoms with Gasteiger partial charge in [-0.15, -0.1) is 0 Å². The minimum Gasteiger partial charge on any atom is -0.506 e. The minimum atomic E-state index is -5.08. The van der Waals surface area contributed by atoms with Crippen molar-refractivity contribution in [3.63, 3.8) is 0 Å². The summed E-state index contributed by atoms with van der Waals surface area (Å²) in [5, 5.41) is 11.4. The molecular formula is C18H19F3NO6P. The molecular weight excluding hydrogens is 414 g/mol. The van der Waals surface area contributed by atoms with Crippen molar-refractivity contribution in [3.05, 3.63) is 52.6 Å². The molecule has 0 fully saturated rings. The Morgan fingerprint density at radius 3 is 2.24 bits per heavy atom. The Kier molecular flexibility index (Phi) is 6.62. The van der Waals surface area contributed by atoms with Gasteiger partial charge in [0.05, 0.1) is 5.69 Å². The second-order valence-electron chi connectivity index (χ2n) is 6.45. The van der Waals surface area contributed by atoms with Crippen LogP contribution < -0.4 is 10.1 Å². The fourth-order valence-corrected chi connectivity index (χ4v) is 2.98. The van der Waals surface area contributed by atoms with E-state index < -0.39 is 31.8 Å². The van der Waals surface area contributed by atoms with Gasteiger partial charge in [0, 0.05) is 0 Å². The fourth-order valence-electron chi connectivity index (χ4n) is 2.67. The summed E-state index contributed by atoms with van der Waals surface area (Å²) < 4.78 is 53.3. The van der Waals surface area contributed by atoms with Gasteiger partial charge in [0.15, 0.2) is 6.35 Å². The average molecular weight is 433 g/mol. The lowest BCUT2D eigenvalue weighted by atomic mass is 9.95. The molecule has 7 nitrogen and oxygen atoms in total. The number of rotatable bonds is 6. The van der Waals surface area contributed by atoms with E-state index in [1.54, 1.807) is 31.3 Å². The number of hydrogen-bond donors (Lipinski definition) is 4. The Bertz CT molecular complexity index is 948. The Balaban J connectivity index is 2.24. The number of halogens is 3. The third kappa shape index (κ3) is 6.49. The number of phenolic OH excluding ortho intramolecular Hbond substituents is 1. The standard InChI is InChI=1S/C18H19F3NO6P/c1-10-5-13(28-9-29(25,26)27)6-11(2)14(10)7-12-3-4-16(23)15(8-12)22-17(24)18(19,20)21/h3-6,8,23H,7,9H2,1-2H3,(H,22,24)(H2,25,26,27). The molecule has 0 aromatic heterocycles. The zero-order valence-electron chi connectivity index (χ0n) is 15.4. The highest BCUT2D eigenvalue weighted by atomic mass is 31.2. The van der Waals surface area contributed by atoms with Gasteiger partial charge in [0.2, 0.25) is 0 Å². The molecule has 0 aliphatic carbocycles. The van der Waals surface area contributed by atoms with Gasteiger partial charge in [-0.05, 0) is 66.8 Å². The molecule has 1 amide bonds. The highest BCUT2D eigenvalue weighted by molar-refractivity contribution is 7.51. The number of hydrogen-bond acceptors (Lipinski definition) is 4. The van der Waals surface area contributed by atoms with Crippen molar-refractivity contribution in [2.45, 2.75) is 26.4 Å². The topological polar surface area (TPSA) is 116 Å². The maximum absolute atomic E-state index is 12.4. The van der Waals surface area contributed by atoms with Crippen LogP contribution in [0.4, 0.5) is 18.9 Å². The van der Waals surface area contributed by atoms with Crippen molar-refractivity contribution in [1.29, 1.82) is 0 Å². The molecule has 2 rings (SSSR count). The molecule has 29 heavy (non-hydrogen) atoms. The molecule has 0 saturated carbocycles. The van der Waals surface area contributed by atoms with E-state index in [4.69, 9.17) is 14.5 Å². The van der Waals surface area contributed by atoms with Crippen LogP contribution in [0.3, 0.4) is 0 Å². The number of carbonyl (C=O) groups is 1. The number of aryl methyl sites for hydroxylation is 2. The Hall–Kier alpha value is -2.55. The van der Waals surface area contributed by atoms with Gasteiger partial charge in [-0.3, -0.25) is 9.36 Å². The van der Waals surface area contributed by atoms with Crippen LogP contribution in [-0.4, -0.2) is 33.3 Å². The predicted octanol–water partition coefficient (Wildman–Crippen LogP) is 3.61. The van der Waals surface area contributed by atoms with E-state index in [2.05, 4.69) is 0 Å². The van der Waals surface area contributed by atoms with E-state index in [0.29, 0.717) is 5.56 Å². The van der Waals surface area contributed by atoms with Gasteiger partial charge in [-0.2, -0.15) is 13.2 Å². The number of anilines is 1. The first kappa shape index (κ1) is 22.7. The average Bonchev–Trinajstić information content (AvgIpc) is 2.57. The summed E-state index contributed by atoms with van der Waals surface area (Å²) in [4.78, 5) is 28.9. The molecule has 11 heteroatoms. The smallest absolute Gasteiger partial charge is 0.471 e. The summed E-state index contributed by atoms with van der Waals surface area (Å²) in [6.07, 6.45) is -5.56. The molecule has 0 bridgehead atoms. The first-order chi connectivity index (χ1) is 13.3. The van der Waals surface area contributed by atoms with Gasteiger partial charge in [0.25, 0.3) is 0 Å². The molecule has 0 aliphatic rings. The molecule has 0 aliphatic heterocycles. The molecule has 0 unspecified atom stereocenters. The van der Waals surface area contributed by atoms with Crippen molar-refractivity contribution in [2.75, 3.05) is 11.7 Å². The summed E-state index contributed by atoms with van der Waals surface area (Å²) in [5.41, 5.74) is 2.46. The van der Waals surface area contributed by atoms with Gasteiger partial charge < -0.3 is 24.9 Å². The number of ether oxygens (including phenoxy) is 1. The Morgan fingerprint density at radius 2 is 1.72 bits per heavy atom. The lowest BCUT2D eigenvalue weighted by Gasteiger charge is -2.15. The lowest BCUT2D eigenvalue weighted by molar-refractivity contribution is -0.167. The quantitative estimate of drug-likeness (QED) is 0.409. The van der Waals surface area contributed by atoms with Crippen molar-refractivity contribution >= 4 is 19.2 Å². The predicted molar refractivity (Wildman–Crippen MR) is 99.1 cm³/mol. The van der Waals surface area contributed by atoms with Crippen LogP contribution in [0.5, 0.6) is 11.5 Å². The largest absolute Gasteiger partial charge is 0.506 e. The number of benzene rings is 2. The summed E-state index contributed by atoms with van der Waals surface area (Å²) in [6.45, 7) is 3.50. The summed E-state index contributed by atoms with van der Waals surface area (Å²) >= 11 is 0. The highest BCUT2D eigenvalue weighted by Crippen LogP contribution is 2.35. The molecule has 0 heterocycles. The normalized spacial score (nSPS) is 12.0. The van der Waals surface area contributed by atoms with Gasteiger partial charge in [-0.1, -0.05) is 6.07 Å². The molecule has 4 N–H and O–H groups in total. The van der Waals surface area contributed by atoms with Crippen LogP contribution in [0.25, 0.3) is 0 Å². The lowest BCUT2D eigenvalue weighted by Crippen LogP contribution is -2.29. The molecule has 2 aromatic rings. The van der Waals surface area contributed by atoms with Crippen LogP contribution in [0.1, 0.15) is 22.3 Å². The maximum atomic E-state index is 12.4. The van der Waals surface area contributed by atoms with E-state index in [-0.39, 0.29) is 17.9 Å². The zero-order chi connectivity index (χ0) is 22.0. The van der Waals surface area contributed by atoms with Crippen LogP contribution in [0.15, 0.2) is 30.3 Å².